The summed E-state index contributed by atoms with van der Waals surface area (Å²) in [5, 5.41) is 3.64. The second-order valence-corrected chi connectivity index (χ2v) is 7.97. The summed E-state index contributed by atoms with van der Waals surface area (Å²) >= 11 is 7.30. The van der Waals surface area contributed by atoms with E-state index in [-0.39, 0.29) is 18.2 Å². The van der Waals surface area contributed by atoms with Gasteiger partial charge in [-0.1, -0.05) is 53.7 Å². The lowest BCUT2D eigenvalue weighted by atomic mass is 10.1. The molecule has 2 amide bonds. The van der Waals surface area contributed by atoms with Crippen LogP contribution in [-0.2, 0) is 16.0 Å². The number of carbonyl (C=O) groups is 2. The van der Waals surface area contributed by atoms with Crippen molar-refractivity contribution in [2.75, 3.05) is 13.1 Å². The van der Waals surface area contributed by atoms with Gasteiger partial charge in [-0.25, -0.2) is 4.99 Å². The van der Waals surface area contributed by atoms with Crippen LogP contribution in [-0.4, -0.2) is 40.2 Å². The van der Waals surface area contributed by atoms with Crippen molar-refractivity contribution in [3.05, 3.63) is 65.2 Å². The van der Waals surface area contributed by atoms with Gasteiger partial charge in [-0.3, -0.25) is 14.5 Å². The smallest absolute Gasteiger partial charge is 0.242 e. The highest BCUT2D eigenvalue weighted by molar-refractivity contribution is 8.15. The van der Waals surface area contributed by atoms with Crippen molar-refractivity contribution in [3.63, 3.8) is 0 Å². The lowest BCUT2D eigenvalue weighted by Gasteiger charge is -2.16. The molecule has 0 spiro atoms. The molecule has 0 aromatic heterocycles. The fourth-order valence-electron chi connectivity index (χ4n) is 2.87. The monoisotopic (exact) mass is 415 g/mol. The molecular formula is C21H22ClN3O2S. The Kier molecular flexibility index (Phi) is 7.12. The van der Waals surface area contributed by atoms with E-state index in [2.05, 4.69) is 10.3 Å². The number of nitrogens with one attached hydrogen (secondary N) is 1. The van der Waals surface area contributed by atoms with Gasteiger partial charge in [0.2, 0.25) is 11.8 Å². The number of hydrogen-bond donors (Lipinski definition) is 1. The first-order valence-corrected chi connectivity index (χ1v) is 10.5. The van der Waals surface area contributed by atoms with Gasteiger partial charge in [0.05, 0.1) is 5.69 Å². The lowest BCUT2D eigenvalue weighted by molar-refractivity contribution is -0.129. The maximum absolute atomic E-state index is 12.9. The molecule has 0 bridgehead atoms. The summed E-state index contributed by atoms with van der Waals surface area (Å²) in [5.41, 5.74) is 1.88. The molecule has 1 atom stereocenters. The van der Waals surface area contributed by atoms with Gasteiger partial charge >= 0.3 is 0 Å². The number of benzene rings is 2. The second kappa shape index (κ2) is 9.75. The van der Waals surface area contributed by atoms with Gasteiger partial charge in [0, 0.05) is 24.5 Å². The van der Waals surface area contributed by atoms with E-state index in [1.165, 1.54) is 11.8 Å². The molecule has 0 saturated carbocycles. The van der Waals surface area contributed by atoms with Gasteiger partial charge in [-0.2, -0.15) is 0 Å². The van der Waals surface area contributed by atoms with Crippen LogP contribution in [0, 0.1) is 0 Å². The predicted molar refractivity (Wildman–Crippen MR) is 115 cm³/mol. The van der Waals surface area contributed by atoms with E-state index in [4.69, 9.17) is 11.6 Å². The number of halogens is 1. The molecular weight excluding hydrogens is 394 g/mol. The maximum atomic E-state index is 12.9. The van der Waals surface area contributed by atoms with Crippen LogP contribution in [0.3, 0.4) is 0 Å². The average Bonchev–Trinajstić information content (AvgIpc) is 2.97. The Morgan fingerprint density at radius 1 is 1.18 bits per heavy atom. The van der Waals surface area contributed by atoms with Crippen molar-refractivity contribution in [1.29, 1.82) is 0 Å². The van der Waals surface area contributed by atoms with Crippen LogP contribution in [0.1, 0.15) is 18.9 Å². The molecule has 0 radical (unpaired) electrons. The molecule has 2 aromatic carbocycles. The zero-order chi connectivity index (χ0) is 19.9. The van der Waals surface area contributed by atoms with Crippen LogP contribution < -0.4 is 5.32 Å². The molecule has 5 nitrogen and oxygen atoms in total. The molecule has 7 heteroatoms. The Morgan fingerprint density at radius 3 is 2.57 bits per heavy atom. The summed E-state index contributed by atoms with van der Waals surface area (Å²) in [6.07, 6.45) is 0.841. The fraction of sp³-hybridized carbons (Fsp3) is 0.286. The van der Waals surface area contributed by atoms with Gasteiger partial charge in [-0.05, 0) is 43.2 Å². The first-order chi connectivity index (χ1) is 13.6. The summed E-state index contributed by atoms with van der Waals surface area (Å²) < 4.78 is 0. The first-order valence-electron chi connectivity index (χ1n) is 9.19. The largest absolute Gasteiger partial charge is 0.356 e. The Balaban J connectivity index is 1.77. The number of amidine groups is 1. The number of para-hydroxylation sites is 1. The average molecular weight is 416 g/mol. The summed E-state index contributed by atoms with van der Waals surface area (Å²) in [4.78, 5) is 31.3. The van der Waals surface area contributed by atoms with E-state index in [9.17, 15) is 9.59 Å². The number of rotatable bonds is 7. The minimum absolute atomic E-state index is 0.0695. The zero-order valence-corrected chi connectivity index (χ0v) is 17.2. The van der Waals surface area contributed by atoms with Crippen molar-refractivity contribution >= 4 is 46.0 Å². The summed E-state index contributed by atoms with van der Waals surface area (Å²) in [7, 11) is 0. The van der Waals surface area contributed by atoms with E-state index < -0.39 is 5.25 Å². The highest BCUT2D eigenvalue weighted by Gasteiger charge is 2.38. The number of amides is 2. The molecule has 0 unspecified atom stereocenters. The zero-order valence-electron chi connectivity index (χ0n) is 15.6. The normalized spacial score (nSPS) is 17.9. The van der Waals surface area contributed by atoms with Crippen LogP contribution >= 0.6 is 23.4 Å². The highest BCUT2D eigenvalue weighted by Crippen LogP contribution is 2.31. The first kappa shape index (κ1) is 20.4. The molecule has 3 rings (SSSR count). The molecule has 1 fully saturated rings. The van der Waals surface area contributed by atoms with Crippen LogP contribution in [0.15, 0.2) is 59.6 Å². The molecule has 146 valence electrons. The fourth-order valence-corrected chi connectivity index (χ4v) is 4.18. The van der Waals surface area contributed by atoms with Crippen LogP contribution in [0.25, 0.3) is 0 Å². The predicted octanol–water partition coefficient (Wildman–Crippen LogP) is 4.04. The summed E-state index contributed by atoms with van der Waals surface area (Å²) in [6.45, 7) is 2.92. The van der Waals surface area contributed by atoms with E-state index in [0.29, 0.717) is 29.7 Å². The number of hydrogen-bond acceptors (Lipinski definition) is 4. The van der Waals surface area contributed by atoms with Gasteiger partial charge in [0.25, 0.3) is 0 Å². The topological polar surface area (TPSA) is 61.8 Å². The standard InChI is InChI=1S/C21H22ClN3O2S/c1-2-23-19(26)14-18-20(27)25(13-12-15-8-10-16(22)11-9-15)21(28-18)24-17-6-4-3-5-7-17/h3-11,18H,2,12-14H2,1H3,(H,23,26)/t18-/m1/s1. The number of thioether (sulfide) groups is 1. The molecule has 1 heterocycles. The van der Waals surface area contributed by atoms with Crippen LogP contribution in [0.5, 0.6) is 0 Å². The maximum Gasteiger partial charge on any atom is 0.242 e. The molecule has 1 N–H and O–H groups in total. The number of aliphatic imine (C=N–C) groups is 1. The van der Waals surface area contributed by atoms with Crippen LogP contribution in [0.2, 0.25) is 5.02 Å². The molecule has 1 aliphatic rings. The van der Waals surface area contributed by atoms with Gasteiger partial charge in [0.1, 0.15) is 5.25 Å². The third-order valence-corrected chi connectivity index (χ3v) is 5.71. The van der Waals surface area contributed by atoms with Crippen LogP contribution in [0.4, 0.5) is 5.69 Å². The van der Waals surface area contributed by atoms with Crippen molar-refractivity contribution < 1.29 is 9.59 Å². The van der Waals surface area contributed by atoms with E-state index in [0.717, 1.165) is 11.3 Å². The Hall–Kier alpha value is -2.31. The lowest BCUT2D eigenvalue weighted by Crippen LogP contribution is -2.36. The SMILES string of the molecule is CCNC(=O)C[C@H]1SC(=Nc2ccccc2)N(CCc2ccc(Cl)cc2)C1=O. The molecule has 28 heavy (non-hydrogen) atoms. The summed E-state index contributed by atoms with van der Waals surface area (Å²) in [5.74, 6) is -0.188. The van der Waals surface area contributed by atoms with Crippen molar-refractivity contribution in [3.8, 4) is 0 Å². The Bertz CT molecular complexity index is 856. The number of carbonyl (C=O) groups excluding carboxylic acids is 2. The number of nitrogens with zero attached hydrogens (tertiary/aromatic N) is 2. The Labute approximate surface area is 174 Å². The quantitative estimate of drug-likeness (QED) is 0.742. The third kappa shape index (κ3) is 5.36. The van der Waals surface area contributed by atoms with Gasteiger partial charge < -0.3 is 5.32 Å². The molecule has 2 aromatic rings. The molecule has 0 aliphatic carbocycles. The minimum atomic E-state index is -0.445. The van der Waals surface area contributed by atoms with Gasteiger partial charge in [0.15, 0.2) is 5.17 Å². The van der Waals surface area contributed by atoms with Crippen molar-refractivity contribution in [1.82, 2.24) is 10.2 Å². The van der Waals surface area contributed by atoms with Gasteiger partial charge in [-0.15, -0.1) is 0 Å². The third-order valence-electron chi connectivity index (χ3n) is 4.28. The molecule has 1 saturated heterocycles. The van der Waals surface area contributed by atoms with E-state index in [1.807, 2.05) is 61.5 Å². The second-order valence-electron chi connectivity index (χ2n) is 6.36. The van der Waals surface area contributed by atoms with E-state index in [1.54, 1.807) is 4.90 Å². The minimum Gasteiger partial charge on any atom is -0.356 e. The summed E-state index contributed by atoms with van der Waals surface area (Å²) in [6, 6.07) is 17.1. The van der Waals surface area contributed by atoms with Crippen molar-refractivity contribution in [2.45, 2.75) is 25.0 Å². The highest BCUT2D eigenvalue weighted by atomic mass is 35.5. The van der Waals surface area contributed by atoms with Crippen molar-refractivity contribution in [2.24, 2.45) is 4.99 Å². The van der Waals surface area contributed by atoms with E-state index >= 15 is 0 Å². The molecule has 1 aliphatic heterocycles. The Morgan fingerprint density at radius 2 is 1.89 bits per heavy atom.